The fourth-order valence-corrected chi connectivity index (χ4v) is 2.06. The van der Waals surface area contributed by atoms with Gasteiger partial charge in [0.2, 0.25) is 0 Å². The Kier molecular flexibility index (Phi) is 4.61. The number of amides is 1. The van der Waals surface area contributed by atoms with Gasteiger partial charge in [0.15, 0.2) is 0 Å². The van der Waals surface area contributed by atoms with Crippen LogP contribution in [-0.2, 0) is 16.0 Å². The van der Waals surface area contributed by atoms with Crippen LogP contribution in [0.1, 0.15) is 25.3 Å². The molecule has 0 bridgehead atoms. The average Bonchev–Trinajstić information content (AvgIpc) is 3.23. The predicted molar refractivity (Wildman–Crippen MR) is 73.4 cm³/mol. The standard InChI is InChI=1S/C15H19NO4/c1-10(12-7-8-12)20-15(19)16-13(14(17)18)9-11-5-3-2-4-6-11/h2-6,10,12-13H,7-9H2,1H3,(H,16,19)(H,17,18)/t10?,13-/m0/s1. The number of hydrogen-bond acceptors (Lipinski definition) is 3. The zero-order valence-electron chi connectivity index (χ0n) is 11.4. The first-order chi connectivity index (χ1) is 9.56. The summed E-state index contributed by atoms with van der Waals surface area (Å²) in [5, 5.41) is 11.6. The summed E-state index contributed by atoms with van der Waals surface area (Å²) in [6.45, 7) is 1.84. The van der Waals surface area contributed by atoms with Crippen molar-refractivity contribution < 1.29 is 19.4 Å². The predicted octanol–water partition coefficient (Wildman–Crippen LogP) is 2.21. The molecule has 1 aliphatic rings. The van der Waals surface area contributed by atoms with Crippen molar-refractivity contribution in [2.24, 2.45) is 5.92 Å². The Labute approximate surface area is 117 Å². The van der Waals surface area contributed by atoms with Crippen molar-refractivity contribution in [2.45, 2.75) is 38.3 Å². The number of carbonyl (C=O) groups excluding carboxylic acids is 1. The van der Waals surface area contributed by atoms with Crippen molar-refractivity contribution in [3.8, 4) is 0 Å². The molecule has 2 N–H and O–H groups in total. The number of carbonyl (C=O) groups is 2. The number of carboxylic acids is 1. The molecule has 1 unspecified atom stereocenters. The SMILES string of the molecule is CC(OC(=O)N[C@@H](Cc1ccccc1)C(=O)O)C1CC1. The molecule has 108 valence electrons. The number of rotatable bonds is 6. The van der Waals surface area contributed by atoms with Gasteiger partial charge in [-0.05, 0) is 31.2 Å². The molecule has 1 amide bonds. The van der Waals surface area contributed by atoms with Crippen LogP contribution in [0, 0.1) is 5.92 Å². The summed E-state index contributed by atoms with van der Waals surface area (Å²) < 4.78 is 5.18. The minimum atomic E-state index is -1.06. The molecular weight excluding hydrogens is 258 g/mol. The zero-order valence-corrected chi connectivity index (χ0v) is 11.4. The van der Waals surface area contributed by atoms with E-state index in [4.69, 9.17) is 9.84 Å². The second kappa shape index (κ2) is 6.41. The van der Waals surface area contributed by atoms with Crippen molar-refractivity contribution in [1.82, 2.24) is 5.32 Å². The van der Waals surface area contributed by atoms with E-state index >= 15 is 0 Å². The van der Waals surface area contributed by atoms with Crippen molar-refractivity contribution in [3.05, 3.63) is 35.9 Å². The van der Waals surface area contributed by atoms with E-state index in [9.17, 15) is 9.59 Å². The lowest BCUT2D eigenvalue weighted by Crippen LogP contribution is -2.43. The van der Waals surface area contributed by atoms with E-state index in [1.54, 1.807) is 0 Å². The largest absolute Gasteiger partial charge is 0.480 e. The molecule has 0 saturated heterocycles. The summed E-state index contributed by atoms with van der Waals surface area (Å²) in [6, 6.07) is 8.21. The molecule has 1 fully saturated rings. The first-order valence-electron chi connectivity index (χ1n) is 6.80. The Morgan fingerprint density at radius 2 is 2.00 bits per heavy atom. The smallest absolute Gasteiger partial charge is 0.408 e. The second-order valence-corrected chi connectivity index (χ2v) is 5.17. The highest BCUT2D eigenvalue weighted by atomic mass is 16.6. The van der Waals surface area contributed by atoms with Gasteiger partial charge in [-0.15, -0.1) is 0 Å². The Hall–Kier alpha value is -2.04. The summed E-state index contributed by atoms with van der Waals surface area (Å²) in [5.41, 5.74) is 0.857. The second-order valence-electron chi connectivity index (χ2n) is 5.17. The lowest BCUT2D eigenvalue weighted by molar-refractivity contribution is -0.139. The van der Waals surface area contributed by atoms with Crippen molar-refractivity contribution in [1.29, 1.82) is 0 Å². The summed E-state index contributed by atoms with van der Waals surface area (Å²) in [7, 11) is 0. The fraction of sp³-hybridized carbons (Fsp3) is 0.467. The number of aliphatic carboxylic acids is 1. The number of hydrogen-bond donors (Lipinski definition) is 2. The van der Waals surface area contributed by atoms with E-state index in [-0.39, 0.29) is 12.5 Å². The molecule has 20 heavy (non-hydrogen) atoms. The van der Waals surface area contributed by atoms with Crippen LogP contribution in [0.5, 0.6) is 0 Å². The molecule has 0 heterocycles. The van der Waals surface area contributed by atoms with E-state index < -0.39 is 18.1 Å². The third kappa shape index (κ3) is 4.26. The molecule has 2 rings (SSSR count). The molecule has 5 heteroatoms. The van der Waals surface area contributed by atoms with Crippen LogP contribution >= 0.6 is 0 Å². The first-order valence-corrected chi connectivity index (χ1v) is 6.80. The van der Waals surface area contributed by atoms with E-state index in [0.29, 0.717) is 5.92 Å². The van der Waals surface area contributed by atoms with Gasteiger partial charge >= 0.3 is 12.1 Å². The lowest BCUT2D eigenvalue weighted by Gasteiger charge is -2.17. The van der Waals surface area contributed by atoms with Gasteiger partial charge in [-0.3, -0.25) is 0 Å². The average molecular weight is 277 g/mol. The quantitative estimate of drug-likeness (QED) is 0.836. The van der Waals surface area contributed by atoms with Gasteiger partial charge in [0.05, 0.1) is 0 Å². The third-order valence-corrected chi connectivity index (χ3v) is 3.45. The third-order valence-electron chi connectivity index (χ3n) is 3.45. The normalized spacial score (nSPS) is 17.1. The number of benzene rings is 1. The van der Waals surface area contributed by atoms with Gasteiger partial charge in [-0.1, -0.05) is 30.3 Å². The van der Waals surface area contributed by atoms with E-state index in [0.717, 1.165) is 18.4 Å². The summed E-state index contributed by atoms with van der Waals surface area (Å²) >= 11 is 0. The number of ether oxygens (including phenoxy) is 1. The van der Waals surface area contributed by atoms with Crippen LogP contribution in [0.4, 0.5) is 4.79 Å². The van der Waals surface area contributed by atoms with Crippen molar-refractivity contribution in [3.63, 3.8) is 0 Å². The lowest BCUT2D eigenvalue weighted by atomic mass is 10.1. The first kappa shape index (κ1) is 14.4. The zero-order chi connectivity index (χ0) is 14.5. The summed E-state index contributed by atoms with van der Waals surface area (Å²) in [5.74, 6) is -0.636. The van der Waals surface area contributed by atoms with Crippen LogP contribution in [0.15, 0.2) is 30.3 Å². The van der Waals surface area contributed by atoms with Gasteiger partial charge in [0, 0.05) is 6.42 Å². The molecule has 0 aromatic heterocycles. The Bertz CT molecular complexity index is 470. The molecule has 5 nitrogen and oxygen atoms in total. The van der Waals surface area contributed by atoms with Gasteiger partial charge in [0.25, 0.3) is 0 Å². The molecule has 1 aromatic carbocycles. The van der Waals surface area contributed by atoms with Crippen LogP contribution in [0.25, 0.3) is 0 Å². The summed E-state index contributed by atoms with van der Waals surface area (Å²) in [6.07, 6.45) is 1.57. The molecule has 0 aliphatic heterocycles. The van der Waals surface area contributed by atoms with Crippen LogP contribution in [0.2, 0.25) is 0 Å². The highest BCUT2D eigenvalue weighted by molar-refractivity contribution is 5.80. The maximum atomic E-state index is 11.7. The number of alkyl carbamates (subject to hydrolysis) is 1. The minimum Gasteiger partial charge on any atom is -0.480 e. The fourth-order valence-electron chi connectivity index (χ4n) is 2.06. The van der Waals surface area contributed by atoms with Crippen molar-refractivity contribution >= 4 is 12.1 Å². The minimum absolute atomic E-state index is 0.152. The molecule has 2 atom stereocenters. The Morgan fingerprint density at radius 1 is 1.35 bits per heavy atom. The maximum absolute atomic E-state index is 11.7. The molecule has 1 saturated carbocycles. The van der Waals surface area contributed by atoms with E-state index in [1.165, 1.54) is 0 Å². The topological polar surface area (TPSA) is 75.6 Å². The van der Waals surface area contributed by atoms with E-state index in [1.807, 2.05) is 37.3 Å². The molecule has 0 spiro atoms. The highest BCUT2D eigenvalue weighted by Crippen LogP contribution is 2.33. The van der Waals surface area contributed by atoms with Crippen LogP contribution < -0.4 is 5.32 Å². The Morgan fingerprint density at radius 3 is 2.55 bits per heavy atom. The molecule has 1 aliphatic carbocycles. The van der Waals surface area contributed by atoms with Gasteiger partial charge < -0.3 is 15.2 Å². The van der Waals surface area contributed by atoms with Gasteiger partial charge in [-0.25, -0.2) is 9.59 Å². The monoisotopic (exact) mass is 277 g/mol. The van der Waals surface area contributed by atoms with Gasteiger partial charge in [-0.2, -0.15) is 0 Å². The molecular formula is C15H19NO4. The van der Waals surface area contributed by atoms with Gasteiger partial charge in [0.1, 0.15) is 12.1 Å². The highest BCUT2D eigenvalue weighted by Gasteiger charge is 2.31. The number of carboxylic acid groups (broad SMARTS) is 1. The Balaban J connectivity index is 1.88. The summed E-state index contributed by atoms with van der Waals surface area (Å²) in [4.78, 5) is 22.9. The molecule has 1 aromatic rings. The molecule has 0 radical (unpaired) electrons. The van der Waals surface area contributed by atoms with E-state index in [2.05, 4.69) is 5.32 Å². The van der Waals surface area contributed by atoms with Crippen LogP contribution in [-0.4, -0.2) is 29.3 Å². The van der Waals surface area contributed by atoms with Crippen LogP contribution in [0.3, 0.4) is 0 Å². The number of nitrogens with one attached hydrogen (secondary N) is 1. The van der Waals surface area contributed by atoms with Crippen molar-refractivity contribution in [2.75, 3.05) is 0 Å². The maximum Gasteiger partial charge on any atom is 0.408 e.